The van der Waals surface area contributed by atoms with Crippen molar-refractivity contribution in [3.63, 3.8) is 0 Å². The molecule has 0 amide bonds. The molecule has 1 N–H and O–H groups in total. The van der Waals surface area contributed by atoms with Crippen molar-refractivity contribution in [1.29, 1.82) is 0 Å². The first-order valence-electron chi connectivity index (χ1n) is 4.99. The molecule has 2 atom stereocenters. The Labute approximate surface area is 84.5 Å². The maximum Gasteiger partial charge on any atom is 0.308 e. The van der Waals surface area contributed by atoms with Crippen molar-refractivity contribution in [2.75, 3.05) is 6.54 Å². The van der Waals surface area contributed by atoms with Gasteiger partial charge in [0.15, 0.2) is 0 Å². The molecule has 1 unspecified atom stereocenters. The zero-order chi connectivity index (χ0) is 11.0. The Morgan fingerprint density at radius 1 is 1.50 bits per heavy atom. The monoisotopic (exact) mass is 205 g/mol. The maximum absolute atomic E-state index is 11.1. The molecule has 0 aliphatic carbocycles. The van der Waals surface area contributed by atoms with Crippen LogP contribution in [0, 0.1) is 5.21 Å². The molecule has 0 fully saturated rings. The highest BCUT2D eigenvalue weighted by Gasteiger charge is 2.11. The number of carbonyl (C=O) groups excluding carboxylic acids is 1. The van der Waals surface area contributed by atoms with Crippen molar-refractivity contribution in [2.24, 2.45) is 0 Å². The number of hydroxylamine groups is 2. The van der Waals surface area contributed by atoms with Crippen LogP contribution in [-0.4, -0.2) is 18.8 Å². The molecule has 0 aliphatic heterocycles. The molecule has 0 radical (unpaired) electrons. The molecule has 0 heterocycles. The van der Waals surface area contributed by atoms with Gasteiger partial charge in [-0.2, -0.15) is 4.84 Å². The van der Waals surface area contributed by atoms with Crippen LogP contribution in [-0.2, 0) is 14.4 Å². The molecular formula is C9H19NO4. The van der Waals surface area contributed by atoms with E-state index in [0.29, 0.717) is 6.54 Å². The summed E-state index contributed by atoms with van der Waals surface area (Å²) in [5.74, 6) is -0.360. The molecule has 0 aliphatic rings. The summed E-state index contributed by atoms with van der Waals surface area (Å²) in [6.07, 6.45) is 1.26. The normalized spacial score (nSPS) is 14.9. The number of ether oxygens (including phenoxy) is 1. The lowest BCUT2D eigenvalue weighted by Crippen LogP contribution is -3.06. The van der Waals surface area contributed by atoms with Gasteiger partial charge in [-0.3, -0.25) is 4.79 Å². The summed E-state index contributed by atoms with van der Waals surface area (Å²) in [5.41, 5.74) is 0. The predicted octanol–water partition coefficient (Wildman–Crippen LogP) is 0.400. The first-order valence-corrected chi connectivity index (χ1v) is 4.99. The van der Waals surface area contributed by atoms with E-state index in [1.54, 1.807) is 6.92 Å². The standard InChI is InChI=1S/C9H19NO4/c1-4-6-7-10(12)14-8(3)13-9(11)5-2/h8,10H,4-7H2,1-3H3/t8-/m0/s1. The molecule has 14 heavy (non-hydrogen) atoms. The largest absolute Gasteiger partial charge is 0.600 e. The Hall–Kier alpha value is -0.650. The third kappa shape index (κ3) is 6.82. The zero-order valence-corrected chi connectivity index (χ0v) is 9.04. The van der Waals surface area contributed by atoms with Gasteiger partial charge >= 0.3 is 5.97 Å². The number of esters is 1. The Morgan fingerprint density at radius 2 is 2.14 bits per heavy atom. The minimum absolute atomic E-state index is 0.289. The van der Waals surface area contributed by atoms with Crippen molar-refractivity contribution in [3.8, 4) is 0 Å². The second-order valence-corrected chi connectivity index (χ2v) is 3.00. The van der Waals surface area contributed by atoms with Gasteiger partial charge in [0.2, 0.25) is 0 Å². The Kier molecular flexibility index (Phi) is 7.37. The number of hydrogen-bond donors (Lipinski definition) is 1. The smallest absolute Gasteiger partial charge is 0.308 e. The van der Waals surface area contributed by atoms with E-state index in [2.05, 4.69) is 0 Å². The van der Waals surface area contributed by atoms with Gasteiger partial charge < -0.3 is 9.94 Å². The van der Waals surface area contributed by atoms with Crippen LogP contribution in [0.3, 0.4) is 0 Å². The van der Waals surface area contributed by atoms with Gasteiger partial charge in [-0.25, -0.2) is 5.23 Å². The van der Waals surface area contributed by atoms with Crippen LogP contribution in [0.1, 0.15) is 40.0 Å². The molecule has 0 bridgehead atoms. The summed E-state index contributed by atoms with van der Waals surface area (Å²) < 4.78 is 4.77. The highest BCUT2D eigenvalue weighted by Crippen LogP contribution is 1.92. The molecule has 5 nitrogen and oxygen atoms in total. The lowest BCUT2D eigenvalue weighted by atomic mass is 10.3. The van der Waals surface area contributed by atoms with Crippen molar-refractivity contribution < 1.29 is 19.6 Å². The van der Waals surface area contributed by atoms with Gasteiger partial charge in [0, 0.05) is 13.3 Å². The van der Waals surface area contributed by atoms with E-state index in [1.165, 1.54) is 6.92 Å². The fourth-order valence-electron chi connectivity index (χ4n) is 0.858. The second-order valence-electron chi connectivity index (χ2n) is 3.00. The fraction of sp³-hybridized carbons (Fsp3) is 0.889. The van der Waals surface area contributed by atoms with E-state index in [1.807, 2.05) is 6.92 Å². The summed E-state index contributed by atoms with van der Waals surface area (Å²) >= 11 is 0. The summed E-state index contributed by atoms with van der Waals surface area (Å²) in [6.45, 7) is 5.60. The van der Waals surface area contributed by atoms with Crippen LogP contribution in [0.15, 0.2) is 0 Å². The van der Waals surface area contributed by atoms with E-state index in [4.69, 9.17) is 9.57 Å². The summed E-state index contributed by atoms with van der Waals surface area (Å²) in [7, 11) is 0. The van der Waals surface area contributed by atoms with E-state index in [-0.39, 0.29) is 17.6 Å². The first-order chi connectivity index (χ1) is 6.60. The van der Waals surface area contributed by atoms with E-state index in [0.717, 1.165) is 12.8 Å². The van der Waals surface area contributed by atoms with Crippen LogP contribution < -0.4 is 5.23 Å². The van der Waals surface area contributed by atoms with Gasteiger partial charge in [0.05, 0.1) is 0 Å². The second kappa shape index (κ2) is 7.73. The quantitative estimate of drug-likeness (QED) is 0.371. The fourth-order valence-corrected chi connectivity index (χ4v) is 0.858. The molecule has 0 aromatic heterocycles. The van der Waals surface area contributed by atoms with Gasteiger partial charge in [-0.1, -0.05) is 20.3 Å². The molecular weight excluding hydrogens is 186 g/mol. The van der Waals surface area contributed by atoms with Gasteiger partial charge in [-0.05, 0) is 6.42 Å². The number of hydrogen-bond acceptors (Lipinski definition) is 4. The lowest BCUT2D eigenvalue weighted by Gasteiger charge is -2.22. The molecule has 84 valence electrons. The third-order valence-corrected chi connectivity index (χ3v) is 1.62. The van der Waals surface area contributed by atoms with Crippen molar-refractivity contribution in [1.82, 2.24) is 0 Å². The van der Waals surface area contributed by atoms with Gasteiger partial charge in [-0.15, -0.1) is 0 Å². The first kappa shape index (κ1) is 13.4. The van der Waals surface area contributed by atoms with Crippen molar-refractivity contribution in [3.05, 3.63) is 5.21 Å². The lowest BCUT2D eigenvalue weighted by molar-refractivity contribution is -1.06. The molecule has 0 rings (SSSR count). The van der Waals surface area contributed by atoms with Crippen LogP contribution in [0.2, 0.25) is 0 Å². The van der Waals surface area contributed by atoms with Crippen LogP contribution in [0.5, 0.6) is 0 Å². The van der Waals surface area contributed by atoms with Crippen molar-refractivity contribution >= 4 is 5.97 Å². The van der Waals surface area contributed by atoms with E-state index < -0.39 is 6.29 Å². The number of unbranched alkanes of at least 4 members (excludes halogenated alkanes) is 1. The van der Waals surface area contributed by atoms with Crippen LogP contribution >= 0.6 is 0 Å². The molecule has 0 aromatic rings. The molecule has 0 spiro atoms. The van der Waals surface area contributed by atoms with Gasteiger partial charge in [0.25, 0.3) is 6.29 Å². The molecule has 0 saturated heterocycles. The van der Waals surface area contributed by atoms with Crippen LogP contribution in [0.25, 0.3) is 0 Å². The topological polar surface area (TPSA) is 63.0 Å². The predicted molar refractivity (Wildman–Crippen MR) is 51.0 cm³/mol. The Bertz CT molecular complexity index is 163. The van der Waals surface area contributed by atoms with E-state index in [9.17, 15) is 10.0 Å². The summed E-state index contributed by atoms with van der Waals surface area (Å²) in [5, 5.41) is 10.8. The Morgan fingerprint density at radius 3 is 2.64 bits per heavy atom. The number of rotatable bonds is 7. The maximum atomic E-state index is 11.1. The highest BCUT2D eigenvalue weighted by molar-refractivity contribution is 5.68. The summed E-state index contributed by atoms with van der Waals surface area (Å²) in [4.78, 5) is 15.6. The number of carbonyl (C=O) groups is 1. The van der Waals surface area contributed by atoms with E-state index >= 15 is 0 Å². The molecule has 0 aromatic carbocycles. The van der Waals surface area contributed by atoms with Crippen LogP contribution in [0.4, 0.5) is 0 Å². The molecule has 0 saturated carbocycles. The summed E-state index contributed by atoms with van der Waals surface area (Å²) in [6, 6.07) is 0. The molecule has 5 heteroatoms. The SMILES string of the molecule is CCCC[NH+]([O-])O[C@@H](C)OC(=O)CC. The average Bonchev–Trinajstić information content (AvgIpc) is 2.14. The number of nitrogens with one attached hydrogen (secondary N) is 1. The van der Waals surface area contributed by atoms with Gasteiger partial charge in [0.1, 0.15) is 6.54 Å². The third-order valence-electron chi connectivity index (χ3n) is 1.62. The average molecular weight is 205 g/mol. The number of quaternary nitrogens is 1. The highest BCUT2D eigenvalue weighted by atomic mass is 16.9. The zero-order valence-electron chi connectivity index (χ0n) is 9.04. The minimum Gasteiger partial charge on any atom is -0.600 e. The minimum atomic E-state index is -0.771. The van der Waals surface area contributed by atoms with Crippen molar-refractivity contribution in [2.45, 2.75) is 46.3 Å². The Balaban J connectivity index is 3.59.